The Hall–Kier alpha value is -3.35. The van der Waals surface area contributed by atoms with Crippen LogP contribution in [0.15, 0.2) is 66.0 Å². The van der Waals surface area contributed by atoms with Gasteiger partial charge in [0.15, 0.2) is 11.8 Å². The first-order chi connectivity index (χ1) is 13.3. The zero-order valence-corrected chi connectivity index (χ0v) is 15.6. The average Bonchev–Trinajstić information content (AvgIpc) is 3.26. The van der Waals surface area contributed by atoms with Crippen molar-refractivity contribution in [3.63, 3.8) is 0 Å². The number of guanidine groups is 1. The molecular formula is C20H24N6O. The van der Waals surface area contributed by atoms with Crippen molar-refractivity contribution in [2.45, 2.75) is 13.0 Å². The third-order valence-corrected chi connectivity index (χ3v) is 4.11. The number of aliphatic imine (C=N–C) groups is 1. The lowest BCUT2D eigenvalue weighted by molar-refractivity contribution is 0.409. The smallest absolute Gasteiger partial charge is 0.191 e. The summed E-state index contributed by atoms with van der Waals surface area (Å²) in [5.41, 5.74) is 2.27. The summed E-state index contributed by atoms with van der Waals surface area (Å²) in [4.78, 5) is 8.62. The minimum Gasteiger partial charge on any atom is -0.496 e. The molecule has 0 spiro atoms. The number of para-hydroxylation sites is 1. The number of nitrogens with one attached hydrogen (secondary N) is 2. The molecule has 0 fully saturated rings. The summed E-state index contributed by atoms with van der Waals surface area (Å²) in [6.45, 7) is 1.40. The summed E-state index contributed by atoms with van der Waals surface area (Å²) in [5.74, 6) is 2.45. The first-order valence-corrected chi connectivity index (χ1v) is 8.81. The van der Waals surface area contributed by atoms with Gasteiger partial charge in [0.05, 0.1) is 7.11 Å². The largest absolute Gasteiger partial charge is 0.496 e. The van der Waals surface area contributed by atoms with E-state index in [1.54, 1.807) is 31.2 Å². The van der Waals surface area contributed by atoms with Crippen LogP contribution in [0.5, 0.6) is 5.75 Å². The predicted octanol–water partition coefficient (Wildman–Crippen LogP) is 2.18. The molecule has 27 heavy (non-hydrogen) atoms. The van der Waals surface area contributed by atoms with Gasteiger partial charge in [0.1, 0.15) is 5.75 Å². The number of pyridine rings is 1. The lowest BCUT2D eigenvalue weighted by Gasteiger charge is -2.13. The molecule has 0 atom stereocenters. The van der Waals surface area contributed by atoms with Gasteiger partial charge in [-0.15, -0.1) is 0 Å². The average molecular weight is 364 g/mol. The van der Waals surface area contributed by atoms with Crippen LogP contribution in [0.1, 0.15) is 11.1 Å². The monoisotopic (exact) mass is 364 g/mol. The molecule has 7 heteroatoms. The molecule has 0 aliphatic rings. The molecule has 0 aliphatic carbocycles. The molecule has 0 bridgehead atoms. The SMILES string of the molecule is CN=C(NCCc1ccccc1OC)NCc1ccnc(-n2cccn2)c1. The molecule has 7 nitrogen and oxygen atoms in total. The third kappa shape index (κ3) is 5.07. The van der Waals surface area contributed by atoms with E-state index in [9.17, 15) is 0 Å². The Labute approximate surface area is 159 Å². The molecule has 0 saturated heterocycles. The van der Waals surface area contributed by atoms with Gasteiger partial charge in [-0.25, -0.2) is 9.67 Å². The van der Waals surface area contributed by atoms with Crippen molar-refractivity contribution in [2.75, 3.05) is 20.7 Å². The fourth-order valence-corrected chi connectivity index (χ4v) is 2.73. The molecule has 0 aliphatic heterocycles. The number of rotatable bonds is 7. The van der Waals surface area contributed by atoms with E-state index in [-0.39, 0.29) is 0 Å². The highest BCUT2D eigenvalue weighted by Gasteiger charge is 2.04. The number of ether oxygens (including phenoxy) is 1. The number of methoxy groups -OCH3 is 1. The zero-order valence-electron chi connectivity index (χ0n) is 15.6. The van der Waals surface area contributed by atoms with Gasteiger partial charge >= 0.3 is 0 Å². The second kappa shape index (κ2) is 9.38. The van der Waals surface area contributed by atoms with Crippen molar-refractivity contribution in [3.8, 4) is 11.6 Å². The van der Waals surface area contributed by atoms with Crippen LogP contribution in [0.25, 0.3) is 5.82 Å². The second-order valence-corrected chi connectivity index (χ2v) is 5.89. The van der Waals surface area contributed by atoms with Gasteiger partial charge in [0.25, 0.3) is 0 Å². The Balaban J connectivity index is 1.52. The van der Waals surface area contributed by atoms with Crippen molar-refractivity contribution in [3.05, 3.63) is 72.2 Å². The van der Waals surface area contributed by atoms with Crippen LogP contribution in [-0.4, -0.2) is 41.4 Å². The van der Waals surface area contributed by atoms with Gasteiger partial charge in [-0.2, -0.15) is 5.10 Å². The van der Waals surface area contributed by atoms with Gasteiger partial charge in [0.2, 0.25) is 0 Å². The van der Waals surface area contributed by atoms with E-state index < -0.39 is 0 Å². The van der Waals surface area contributed by atoms with Crippen molar-refractivity contribution in [2.24, 2.45) is 4.99 Å². The maximum Gasteiger partial charge on any atom is 0.191 e. The summed E-state index contributed by atoms with van der Waals surface area (Å²) < 4.78 is 7.13. The molecule has 0 unspecified atom stereocenters. The van der Waals surface area contributed by atoms with Crippen molar-refractivity contribution < 1.29 is 4.74 Å². The number of benzene rings is 1. The Morgan fingerprint density at radius 3 is 2.81 bits per heavy atom. The van der Waals surface area contributed by atoms with Crippen LogP contribution in [0.3, 0.4) is 0 Å². The lowest BCUT2D eigenvalue weighted by Crippen LogP contribution is -2.37. The molecule has 0 radical (unpaired) electrons. The maximum atomic E-state index is 5.39. The van der Waals surface area contributed by atoms with Gasteiger partial charge in [-0.1, -0.05) is 18.2 Å². The van der Waals surface area contributed by atoms with Gasteiger partial charge in [-0.3, -0.25) is 4.99 Å². The molecule has 2 N–H and O–H groups in total. The van der Waals surface area contributed by atoms with Crippen molar-refractivity contribution in [1.82, 2.24) is 25.4 Å². The standard InChI is InChI=1S/C20H24N6O/c1-21-20(23-12-9-17-6-3-4-7-18(17)27-2)24-15-16-8-11-22-19(14-16)26-13-5-10-25-26/h3-8,10-11,13-14H,9,12,15H2,1-2H3,(H2,21,23,24). The van der Waals surface area contributed by atoms with Crippen molar-refractivity contribution >= 4 is 5.96 Å². The number of aromatic nitrogens is 3. The van der Waals surface area contributed by atoms with Crippen LogP contribution >= 0.6 is 0 Å². The maximum absolute atomic E-state index is 5.39. The van der Waals surface area contributed by atoms with Gasteiger partial charge in [-0.05, 0) is 41.8 Å². The minimum atomic E-state index is 0.644. The van der Waals surface area contributed by atoms with Crippen LogP contribution in [-0.2, 0) is 13.0 Å². The molecule has 0 amide bonds. The highest BCUT2D eigenvalue weighted by Crippen LogP contribution is 2.17. The van der Waals surface area contributed by atoms with E-state index in [1.807, 2.05) is 42.6 Å². The molecule has 140 valence electrons. The van der Waals surface area contributed by atoms with Gasteiger partial charge < -0.3 is 15.4 Å². The molecule has 3 aromatic rings. The molecular weight excluding hydrogens is 340 g/mol. The van der Waals surface area contributed by atoms with Crippen molar-refractivity contribution in [1.29, 1.82) is 0 Å². The Morgan fingerprint density at radius 2 is 2.04 bits per heavy atom. The first-order valence-electron chi connectivity index (χ1n) is 8.81. The second-order valence-electron chi connectivity index (χ2n) is 5.89. The number of hydrogen-bond donors (Lipinski definition) is 2. The predicted molar refractivity (Wildman–Crippen MR) is 106 cm³/mol. The molecule has 2 aromatic heterocycles. The van der Waals surface area contributed by atoms with Crippen LogP contribution in [0.4, 0.5) is 0 Å². The first kappa shape index (κ1) is 18.4. The molecule has 1 aromatic carbocycles. The Bertz CT molecular complexity index is 876. The Kier molecular flexibility index (Phi) is 6.40. The Morgan fingerprint density at radius 1 is 1.15 bits per heavy atom. The summed E-state index contributed by atoms with van der Waals surface area (Å²) in [7, 11) is 3.46. The molecule has 0 saturated carbocycles. The van der Waals surface area contributed by atoms with E-state index in [2.05, 4.69) is 31.8 Å². The van der Waals surface area contributed by atoms with Crippen LogP contribution in [0, 0.1) is 0 Å². The van der Waals surface area contributed by atoms with Gasteiger partial charge in [0, 0.05) is 38.7 Å². The van der Waals surface area contributed by atoms with E-state index in [0.717, 1.165) is 36.1 Å². The highest BCUT2D eigenvalue weighted by molar-refractivity contribution is 5.79. The van der Waals surface area contributed by atoms with Crippen LogP contribution < -0.4 is 15.4 Å². The van der Waals surface area contributed by atoms with E-state index in [1.165, 1.54) is 5.56 Å². The molecule has 3 rings (SSSR count). The number of hydrogen-bond acceptors (Lipinski definition) is 4. The molecule has 2 heterocycles. The normalized spacial score (nSPS) is 11.3. The minimum absolute atomic E-state index is 0.644. The summed E-state index contributed by atoms with van der Waals surface area (Å²) in [5, 5.41) is 10.9. The van der Waals surface area contributed by atoms with Crippen LogP contribution in [0.2, 0.25) is 0 Å². The van der Waals surface area contributed by atoms with E-state index >= 15 is 0 Å². The number of nitrogens with zero attached hydrogens (tertiary/aromatic N) is 4. The van der Waals surface area contributed by atoms with E-state index in [0.29, 0.717) is 6.54 Å². The fraction of sp³-hybridized carbons (Fsp3) is 0.250. The zero-order chi connectivity index (χ0) is 18.9. The summed E-state index contributed by atoms with van der Waals surface area (Å²) in [6, 6.07) is 13.9. The highest BCUT2D eigenvalue weighted by atomic mass is 16.5. The van der Waals surface area contributed by atoms with E-state index in [4.69, 9.17) is 4.74 Å². The fourth-order valence-electron chi connectivity index (χ4n) is 2.73. The summed E-state index contributed by atoms with van der Waals surface area (Å²) in [6.07, 6.45) is 6.24. The third-order valence-electron chi connectivity index (χ3n) is 4.11. The lowest BCUT2D eigenvalue weighted by atomic mass is 10.1. The summed E-state index contributed by atoms with van der Waals surface area (Å²) >= 11 is 0. The topological polar surface area (TPSA) is 76.4 Å². The quantitative estimate of drug-likeness (QED) is 0.496.